The van der Waals surface area contributed by atoms with E-state index >= 15 is 0 Å². The average Bonchev–Trinajstić information content (AvgIpc) is 3.49. The number of carbonyl (C=O) groups is 1. The van der Waals surface area contributed by atoms with Gasteiger partial charge < -0.3 is 9.64 Å². The molecule has 1 aromatic heterocycles. The highest BCUT2D eigenvalue weighted by Crippen LogP contribution is 2.56. The summed E-state index contributed by atoms with van der Waals surface area (Å²) in [5.74, 6) is -2.14. The Morgan fingerprint density at radius 1 is 1.21 bits per heavy atom. The van der Waals surface area contributed by atoms with E-state index in [0.717, 1.165) is 5.39 Å². The van der Waals surface area contributed by atoms with Gasteiger partial charge in [-0.1, -0.05) is 61.0 Å². The van der Waals surface area contributed by atoms with Crippen LogP contribution in [0.5, 0.6) is 5.88 Å². The number of pyridine rings is 1. The Kier molecular flexibility index (Phi) is 7.90. The van der Waals surface area contributed by atoms with Gasteiger partial charge in [0.15, 0.2) is 11.6 Å². The largest absolute Gasteiger partial charge is 0.475 e. The third-order valence-electron chi connectivity index (χ3n) is 10.5. The topological polar surface area (TPSA) is 69.5 Å². The molecule has 0 N–H and O–H groups in total. The van der Waals surface area contributed by atoms with Crippen LogP contribution in [0.15, 0.2) is 54.9 Å². The van der Waals surface area contributed by atoms with Crippen molar-refractivity contribution in [2.24, 2.45) is 11.3 Å². The minimum absolute atomic E-state index is 0.0278. The molecule has 0 radical (unpaired) electrons. The number of carbonyl (C=O) groups excluding carboxylic acids is 1. The number of anilines is 1. The van der Waals surface area contributed by atoms with Gasteiger partial charge in [0.05, 0.1) is 16.2 Å². The maximum Gasteiger partial charge on any atom is 0.234 e. The summed E-state index contributed by atoms with van der Waals surface area (Å²) in [7, 11) is 1.83. The SMILES string of the molecule is C=C(F)C(=O)C1(C)CC[C@@H]2[C@H]1CN2c1c(C#N)c(OC[C@@H]2C[C@@H](F)CN2C)nc2cc(-c3cccc4ccc(F)c(Cl)c34)c(Cl)cc12. The van der Waals surface area contributed by atoms with Crippen LogP contribution in [0, 0.1) is 28.5 Å². The van der Waals surface area contributed by atoms with Gasteiger partial charge in [-0.3, -0.25) is 9.69 Å². The van der Waals surface area contributed by atoms with E-state index < -0.39 is 29.0 Å². The van der Waals surface area contributed by atoms with Crippen LogP contribution in [0.2, 0.25) is 10.0 Å². The van der Waals surface area contributed by atoms with Gasteiger partial charge in [0.25, 0.3) is 0 Å². The molecule has 2 aliphatic heterocycles. The van der Waals surface area contributed by atoms with E-state index in [4.69, 9.17) is 32.9 Å². The number of allylic oxidation sites excluding steroid dienone is 1. The Labute approximate surface area is 280 Å². The number of nitriles is 1. The number of ether oxygens (including phenoxy) is 1. The van der Waals surface area contributed by atoms with E-state index in [0.29, 0.717) is 70.5 Å². The molecule has 1 saturated carbocycles. The van der Waals surface area contributed by atoms with Gasteiger partial charge in [-0.25, -0.2) is 18.2 Å². The molecule has 1 unspecified atom stereocenters. The Balaban J connectivity index is 1.38. The van der Waals surface area contributed by atoms with Crippen molar-refractivity contribution in [2.75, 3.05) is 31.6 Å². The molecule has 242 valence electrons. The molecule has 0 bridgehead atoms. The molecule has 7 rings (SSSR count). The molecule has 3 aliphatic rings. The molecule has 2 saturated heterocycles. The predicted molar refractivity (Wildman–Crippen MR) is 178 cm³/mol. The van der Waals surface area contributed by atoms with Gasteiger partial charge in [0, 0.05) is 57.9 Å². The summed E-state index contributed by atoms with van der Waals surface area (Å²) in [4.78, 5) is 21.6. The molecule has 3 fully saturated rings. The van der Waals surface area contributed by atoms with E-state index in [2.05, 4.69) is 17.5 Å². The second-order valence-electron chi connectivity index (χ2n) is 13.1. The van der Waals surface area contributed by atoms with Crippen LogP contribution in [0.3, 0.4) is 0 Å². The molecule has 6 nitrogen and oxygen atoms in total. The molecular formula is C36H31Cl2F3N4O2. The standard InChI is InChI=1S/C36H31Cl2F3N4O2/c1-18(39)34(46)36(2)10-9-30-26(36)16-45(30)33-24-12-27(37)23(22-6-4-5-19-7-8-28(41)32(38)31(19)22)13-29(24)43-35(25(33)14-42)47-17-21-11-20(40)15-44(21)3/h4-8,12-13,20-21,26,30H,1,9-11,15-17H2,2-3H3/t20-,21+,26-,30-,36?/m1/s1. The van der Waals surface area contributed by atoms with Crippen molar-refractivity contribution in [2.45, 2.75) is 44.4 Å². The minimum atomic E-state index is -0.968. The number of hydrogen-bond acceptors (Lipinski definition) is 6. The van der Waals surface area contributed by atoms with Gasteiger partial charge in [-0.15, -0.1) is 0 Å². The lowest BCUT2D eigenvalue weighted by atomic mass is 9.70. The van der Waals surface area contributed by atoms with Crippen molar-refractivity contribution in [3.05, 3.63) is 76.3 Å². The number of likely N-dealkylation sites (N-methyl/N-ethyl adjacent to an activating group) is 1. The van der Waals surface area contributed by atoms with Gasteiger partial charge in [0.2, 0.25) is 5.88 Å². The van der Waals surface area contributed by atoms with Crippen molar-refractivity contribution >= 4 is 56.3 Å². The maximum absolute atomic E-state index is 14.6. The molecular weight excluding hydrogens is 648 g/mol. The van der Waals surface area contributed by atoms with Gasteiger partial charge in [-0.05, 0) is 55.5 Å². The fourth-order valence-corrected chi connectivity index (χ4v) is 8.42. The summed E-state index contributed by atoms with van der Waals surface area (Å²) in [6.45, 7) is 5.86. The third-order valence-corrected chi connectivity index (χ3v) is 11.2. The second kappa shape index (κ2) is 11.7. The van der Waals surface area contributed by atoms with Gasteiger partial charge >= 0.3 is 0 Å². The molecule has 3 aromatic carbocycles. The number of aromatic nitrogens is 1. The van der Waals surface area contributed by atoms with Gasteiger partial charge in [-0.2, -0.15) is 5.26 Å². The lowest BCUT2D eigenvalue weighted by Gasteiger charge is -2.51. The number of ketones is 1. The number of likely N-dealkylation sites (tertiary alicyclic amines) is 1. The van der Waals surface area contributed by atoms with Crippen LogP contribution in [0.25, 0.3) is 32.8 Å². The molecule has 0 spiro atoms. The fourth-order valence-electron chi connectivity index (χ4n) is 7.88. The van der Waals surface area contributed by atoms with E-state index in [1.54, 1.807) is 31.2 Å². The lowest BCUT2D eigenvalue weighted by Crippen LogP contribution is -2.59. The summed E-state index contributed by atoms with van der Waals surface area (Å²) in [5, 5.41) is 12.7. The number of fused-ring (bicyclic) bond motifs is 3. The quantitative estimate of drug-likeness (QED) is 0.183. The maximum atomic E-state index is 14.6. The van der Waals surface area contributed by atoms with Crippen LogP contribution in [0.1, 0.15) is 31.7 Å². The van der Waals surface area contributed by atoms with Gasteiger partial charge in [0.1, 0.15) is 30.2 Å². The lowest BCUT2D eigenvalue weighted by molar-refractivity contribution is -0.128. The predicted octanol–water partition coefficient (Wildman–Crippen LogP) is 8.45. The van der Waals surface area contributed by atoms with E-state index in [9.17, 15) is 23.2 Å². The van der Waals surface area contributed by atoms with Crippen molar-refractivity contribution in [1.82, 2.24) is 9.88 Å². The number of rotatable bonds is 7. The second-order valence-corrected chi connectivity index (χ2v) is 13.9. The van der Waals surface area contributed by atoms with E-state index in [-0.39, 0.29) is 41.1 Å². The van der Waals surface area contributed by atoms with Crippen LogP contribution in [0.4, 0.5) is 18.9 Å². The summed E-state index contributed by atoms with van der Waals surface area (Å²) in [6.07, 6.45) is 0.432. The Morgan fingerprint density at radius 3 is 2.70 bits per heavy atom. The summed E-state index contributed by atoms with van der Waals surface area (Å²) >= 11 is 13.5. The molecule has 3 heterocycles. The zero-order valence-electron chi connectivity index (χ0n) is 25.8. The highest BCUT2D eigenvalue weighted by molar-refractivity contribution is 6.38. The van der Waals surface area contributed by atoms with E-state index in [1.165, 1.54) is 6.07 Å². The highest BCUT2D eigenvalue weighted by atomic mass is 35.5. The average molecular weight is 680 g/mol. The third kappa shape index (κ3) is 5.04. The highest BCUT2D eigenvalue weighted by Gasteiger charge is 2.58. The zero-order valence-corrected chi connectivity index (χ0v) is 27.3. The molecule has 11 heteroatoms. The number of benzene rings is 3. The number of alkyl halides is 1. The van der Waals surface area contributed by atoms with Crippen molar-refractivity contribution in [3.8, 4) is 23.1 Å². The number of nitrogens with zero attached hydrogens (tertiary/aromatic N) is 4. The fraction of sp³-hybridized carbons (Fsp3) is 0.361. The Morgan fingerprint density at radius 2 is 2.00 bits per heavy atom. The van der Waals surface area contributed by atoms with Crippen LogP contribution in [-0.2, 0) is 4.79 Å². The summed E-state index contributed by atoms with van der Waals surface area (Å²) < 4.78 is 49.1. The summed E-state index contributed by atoms with van der Waals surface area (Å²) in [6, 6.07) is 13.9. The molecule has 1 aliphatic carbocycles. The Bertz CT molecular complexity index is 2030. The van der Waals surface area contributed by atoms with Crippen LogP contribution < -0.4 is 9.64 Å². The van der Waals surface area contributed by atoms with Crippen LogP contribution >= 0.6 is 23.2 Å². The minimum Gasteiger partial charge on any atom is -0.475 e. The van der Waals surface area contributed by atoms with Crippen LogP contribution in [-0.4, -0.2) is 60.7 Å². The molecule has 47 heavy (non-hydrogen) atoms. The van der Waals surface area contributed by atoms with Crippen molar-refractivity contribution in [1.29, 1.82) is 5.26 Å². The van der Waals surface area contributed by atoms with E-state index in [1.807, 2.05) is 24.1 Å². The molecule has 4 aromatic rings. The smallest absolute Gasteiger partial charge is 0.234 e. The number of halogens is 5. The monoisotopic (exact) mass is 678 g/mol. The first-order valence-corrected chi connectivity index (χ1v) is 16.3. The summed E-state index contributed by atoms with van der Waals surface area (Å²) in [5.41, 5.74) is 1.50. The zero-order chi connectivity index (χ0) is 33.4. The Hall–Kier alpha value is -3.84. The number of Topliss-reactive ketones (excluding diaryl/α,β-unsaturated/α-hetero) is 1. The van der Waals surface area contributed by atoms with Crippen molar-refractivity contribution in [3.63, 3.8) is 0 Å². The number of hydrogen-bond donors (Lipinski definition) is 0. The first-order valence-electron chi connectivity index (χ1n) is 15.5. The van der Waals surface area contributed by atoms with Crippen molar-refractivity contribution < 1.29 is 22.7 Å². The first kappa shape index (κ1) is 31.7. The molecule has 0 amide bonds. The normalized spacial score (nSPS) is 25.5. The molecule has 5 atom stereocenters. The first-order chi connectivity index (χ1) is 22.4.